The normalized spacial score (nSPS) is 16.9. The molecule has 0 unspecified atom stereocenters. The maximum absolute atomic E-state index is 13.8. The molecule has 3 N–H and O–H groups in total. The van der Waals surface area contributed by atoms with Crippen LogP contribution >= 0.6 is 0 Å². The number of primary sulfonamides is 1. The summed E-state index contributed by atoms with van der Waals surface area (Å²) in [7, 11) is -8.05. The Kier molecular flexibility index (Phi) is 4.14. The van der Waals surface area contributed by atoms with E-state index in [1.807, 2.05) is 0 Å². The van der Waals surface area contributed by atoms with Gasteiger partial charge in [0.25, 0.3) is 0 Å². The highest BCUT2D eigenvalue weighted by molar-refractivity contribution is 7.89. The van der Waals surface area contributed by atoms with Crippen molar-refractivity contribution in [2.75, 3.05) is 6.54 Å². The monoisotopic (exact) mass is 322 g/mol. The Morgan fingerprint density at radius 2 is 1.90 bits per heavy atom. The Balaban J connectivity index is 2.23. The molecule has 0 amide bonds. The maximum Gasteiger partial charge on any atom is 0.243 e. The standard InChI is InChI=1S/C11H15FN2O4S2/c12-10-6-9(19(13,15)16)4-5-11(10)20(17,18)14-7-8-2-1-3-8/h4-6,8,14H,1-3,7H2,(H2,13,15,16). The fourth-order valence-electron chi connectivity index (χ4n) is 1.88. The summed E-state index contributed by atoms with van der Waals surface area (Å²) in [5.74, 6) is -0.853. The van der Waals surface area contributed by atoms with Crippen molar-refractivity contribution >= 4 is 20.0 Å². The van der Waals surface area contributed by atoms with E-state index in [-0.39, 0.29) is 12.5 Å². The molecule has 0 spiro atoms. The van der Waals surface area contributed by atoms with Gasteiger partial charge in [-0.1, -0.05) is 6.42 Å². The Morgan fingerprint density at radius 1 is 1.25 bits per heavy atom. The van der Waals surface area contributed by atoms with Crippen molar-refractivity contribution in [2.24, 2.45) is 11.1 Å². The second-order valence-electron chi connectivity index (χ2n) is 4.79. The van der Waals surface area contributed by atoms with Crippen LogP contribution in [0.2, 0.25) is 0 Å². The van der Waals surface area contributed by atoms with Crippen molar-refractivity contribution in [1.82, 2.24) is 4.72 Å². The van der Waals surface area contributed by atoms with Crippen LogP contribution in [0.1, 0.15) is 19.3 Å². The van der Waals surface area contributed by atoms with Gasteiger partial charge >= 0.3 is 0 Å². The largest absolute Gasteiger partial charge is 0.243 e. The summed E-state index contributed by atoms with van der Waals surface area (Å²) in [6.45, 7) is 0.263. The molecular weight excluding hydrogens is 307 g/mol. The van der Waals surface area contributed by atoms with Gasteiger partial charge in [-0.3, -0.25) is 0 Å². The molecule has 2 rings (SSSR count). The predicted molar refractivity (Wildman–Crippen MR) is 70.3 cm³/mol. The van der Waals surface area contributed by atoms with Gasteiger partial charge in [-0.05, 0) is 37.0 Å². The topological polar surface area (TPSA) is 106 Å². The van der Waals surface area contributed by atoms with E-state index in [1.54, 1.807) is 0 Å². The van der Waals surface area contributed by atoms with Crippen molar-refractivity contribution in [1.29, 1.82) is 0 Å². The summed E-state index contributed by atoms with van der Waals surface area (Å²) >= 11 is 0. The van der Waals surface area contributed by atoms with Gasteiger partial charge in [-0.15, -0.1) is 0 Å². The lowest BCUT2D eigenvalue weighted by Crippen LogP contribution is -2.32. The molecule has 0 bridgehead atoms. The Morgan fingerprint density at radius 3 is 2.35 bits per heavy atom. The molecule has 1 aliphatic rings. The van der Waals surface area contributed by atoms with Crippen molar-refractivity contribution in [3.63, 3.8) is 0 Å². The smallest absolute Gasteiger partial charge is 0.225 e. The van der Waals surface area contributed by atoms with E-state index in [0.29, 0.717) is 6.07 Å². The first-order valence-corrected chi connectivity index (χ1v) is 9.05. The van der Waals surface area contributed by atoms with Crippen LogP contribution in [0.3, 0.4) is 0 Å². The highest BCUT2D eigenvalue weighted by Crippen LogP contribution is 2.26. The number of hydrogen-bond acceptors (Lipinski definition) is 4. The minimum atomic E-state index is -4.06. The molecule has 0 aliphatic heterocycles. The lowest BCUT2D eigenvalue weighted by Gasteiger charge is -2.25. The Labute approximate surface area is 117 Å². The lowest BCUT2D eigenvalue weighted by molar-refractivity contribution is 0.316. The van der Waals surface area contributed by atoms with Crippen molar-refractivity contribution in [3.8, 4) is 0 Å². The number of halogens is 1. The van der Waals surface area contributed by atoms with E-state index < -0.39 is 35.7 Å². The fourth-order valence-corrected chi connectivity index (χ4v) is 3.58. The van der Waals surface area contributed by atoms with E-state index in [4.69, 9.17) is 5.14 Å². The Bertz CT molecular complexity index is 712. The van der Waals surface area contributed by atoms with Gasteiger partial charge < -0.3 is 0 Å². The molecule has 0 radical (unpaired) electrons. The predicted octanol–water partition coefficient (Wildman–Crippen LogP) is 0.551. The summed E-state index contributed by atoms with van der Waals surface area (Å²) in [6.07, 6.45) is 2.98. The number of rotatable bonds is 5. The molecule has 1 saturated carbocycles. The number of hydrogen-bond donors (Lipinski definition) is 2. The molecule has 0 atom stereocenters. The summed E-state index contributed by atoms with van der Waals surface area (Å²) in [5.41, 5.74) is 0. The van der Waals surface area contributed by atoms with Gasteiger partial charge in [0.05, 0.1) is 4.90 Å². The van der Waals surface area contributed by atoms with Gasteiger partial charge in [0.1, 0.15) is 10.7 Å². The van der Waals surface area contributed by atoms with Gasteiger partial charge in [0, 0.05) is 6.54 Å². The zero-order valence-corrected chi connectivity index (χ0v) is 12.2. The molecule has 1 fully saturated rings. The van der Waals surface area contributed by atoms with Gasteiger partial charge in [-0.2, -0.15) is 0 Å². The van der Waals surface area contributed by atoms with E-state index in [0.717, 1.165) is 31.4 Å². The van der Waals surface area contributed by atoms with Crippen LogP contribution in [0.15, 0.2) is 28.0 Å². The average Bonchev–Trinajstić information content (AvgIpc) is 2.24. The van der Waals surface area contributed by atoms with Gasteiger partial charge in [0.15, 0.2) is 0 Å². The second-order valence-corrected chi connectivity index (χ2v) is 8.08. The third-order valence-corrected chi connectivity index (χ3v) is 5.68. The number of nitrogens with two attached hydrogens (primary N) is 1. The zero-order chi connectivity index (χ0) is 15.0. The molecular formula is C11H15FN2O4S2. The fraction of sp³-hybridized carbons (Fsp3) is 0.455. The first kappa shape index (κ1) is 15.4. The molecule has 0 aromatic heterocycles. The maximum atomic E-state index is 13.8. The molecule has 1 aromatic rings. The average molecular weight is 322 g/mol. The first-order valence-electron chi connectivity index (χ1n) is 6.02. The summed E-state index contributed by atoms with van der Waals surface area (Å²) < 4.78 is 62.0. The first-order chi connectivity index (χ1) is 9.20. The molecule has 0 heterocycles. The molecule has 112 valence electrons. The van der Waals surface area contributed by atoms with Gasteiger partial charge in [-0.25, -0.2) is 31.1 Å². The molecule has 9 heteroatoms. The SMILES string of the molecule is NS(=O)(=O)c1ccc(S(=O)(=O)NCC2CCC2)c(F)c1. The summed E-state index contributed by atoms with van der Waals surface area (Å²) in [5, 5.41) is 4.85. The van der Waals surface area contributed by atoms with Gasteiger partial charge in [0.2, 0.25) is 20.0 Å². The molecule has 0 saturated heterocycles. The Hall–Kier alpha value is -1.03. The van der Waals surface area contributed by atoms with Crippen LogP contribution < -0.4 is 9.86 Å². The van der Waals surface area contributed by atoms with Crippen LogP contribution in [0.25, 0.3) is 0 Å². The summed E-state index contributed by atoms with van der Waals surface area (Å²) in [6, 6.07) is 2.47. The highest BCUT2D eigenvalue weighted by atomic mass is 32.2. The number of benzene rings is 1. The van der Waals surface area contributed by atoms with E-state index in [1.165, 1.54) is 0 Å². The van der Waals surface area contributed by atoms with E-state index in [2.05, 4.69) is 4.72 Å². The quantitative estimate of drug-likeness (QED) is 0.825. The minimum Gasteiger partial charge on any atom is -0.225 e. The molecule has 20 heavy (non-hydrogen) atoms. The minimum absolute atomic E-state index is 0.263. The van der Waals surface area contributed by atoms with Crippen molar-refractivity contribution in [3.05, 3.63) is 24.0 Å². The molecule has 6 nitrogen and oxygen atoms in total. The lowest BCUT2D eigenvalue weighted by atomic mass is 9.86. The van der Waals surface area contributed by atoms with Crippen LogP contribution in [0, 0.1) is 11.7 Å². The van der Waals surface area contributed by atoms with Crippen LogP contribution in [0.4, 0.5) is 4.39 Å². The molecule has 1 aliphatic carbocycles. The summed E-state index contributed by atoms with van der Waals surface area (Å²) in [4.78, 5) is -1.04. The molecule has 1 aromatic carbocycles. The van der Waals surface area contributed by atoms with Crippen LogP contribution in [0.5, 0.6) is 0 Å². The van der Waals surface area contributed by atoms with Crippen molar-refractivity contribution < 1.29 is 21.2 Å². The third-order valence-electron chi connectivity index (χ3n) is 3.31. The zero-order valence-electron chi connectivity index (χ0n) is 10.5. The van der Waals surface area contributed by atoms with Crippen LogP contribution in [-0.4, -0.2) is 23.4 Å². The van der Waals surface area contributed by atoms with E-state index >= 15 is 0 Å². The number of sulfonamides is 2. The third kappa shape index (κ3) is 3.35. The van der Waals surface area contributed by atoms with E-state index in [9.17, 15) is 21.2 Å². The number of nitrogens with one attached hydrogen (secondary N) is 1. The second kappa shape index (κ2) is 5.40. The van der Waals surface area contributed by atoms with Crippen molar-refractivity contribution in [2.45, 2.75) is 29.1 Å². The highest BCUT2D eigenvalue weighted by Gasteiger charge is 2.24. The van der Waals surface area contributed by atoms with Crippen LogP contribution in [-0.2, 0) is 20.0 Å².